The van der Waals surface area contributed by atoms with Crippen molar-refractivity contribution in [2.75, 3.05) is 52.6 Å². The second-order valence-electron chi connectivity index (χ2n) is 8.13. The van der Waals surface area contributed by atoms with Crippen LogP contribution in [0.3, 0.4) is 0 Å². The first-order valence-corrected chi connectivity index (χ1v) is 10.2. The van der Waals surface area contributed by atoms with Gasteiger partial charge in [0.05, 0.1) is 26.4 Å². The highest BCUT2D eigenvalue weighted by Crippen LogP contribution is 2.36. The van der Waals surface area contributed by atoms with Crippen LogP contribution in [0, 0.1) is 10.8 Å². The molecule has 0 N–H and O–H groups in total. The van der Waals surface area contributed by atoms with Gasteiger partial charge in [0.2, 0.25) is 0 Å². The molecule has 3 rings (SSSR count). The van der Waals surface area contributed by atoms with Crippen LogP contribution in [0.25, 0.3) is 41.8 Å². The fourth-order valence-corrected chi connectivity index (χ4v) is 3.62. The van der Waals surface area contributed by atoms with Gasteiger partial charge < -0.3 is 18.9 Å². The normalized spacial score (nSPS) is 28.4. The highest BCUT2D eigenvalue weighted by atomic mass is 16.7. The number of nitrogens with zero attached hydrogens (tertiary/aromatic N) is 12. The van der Waals surface area contributed by atoms with Crippen LogP contribution < -0.4 is 0 Å². The molecule has 0 aliphatic carbocycles. The van der Waals surface area contributed by atoms with Gasteiger partial charge in [-0.1, -0.05) is 38.7 Å². The SMILES string of the molecule is [N-]=[N+]=NCC1(CN=[N+]=[N-])COC(c2cccc(C3OCC(CN=[N+]=[N-])(CN=[N+]=[N-])CO3)c2)OC1. The van der Waals surface area contributed by atoms with Crippen LogP contribution in [0.1, 0.15) is 23.7 Å². The monoisotopic (exact) mass is 470 g/mol. The first-order valence-electron chi connectivity index (χ1n) is 10.2. The second kappa shape index (κ2) is 12.0. The van der Waals surface area contributed by atoms with E-state index in [2.05, 4.69) is 40.1 Å². The number of azide groups is 4. The first kappa shape index (κ1) is 24.9. The zero-order valence-electron chi connectivity index (χ0n) is 18.1. The maximum Gasteiger partial charge on any atom is 0.183 e. The van der Waals surface area contributed by atoms with Crippen molar-refractivity contribution < 1.29 is 18.9 Å². The van der Waals surface area contributed by atoms with Gasteiger partial charge in [-0.15, -0.1) is 0 Å². The van der Waals surface area contributed by atoms with E-state index in [-0.39, 0.29) is 52.6 Å². The van der Waals surface area contributed by atoms with Crippen molar-refractivity contribution in [3.8, 4) is 0 Å². The number of hydrogen-bond acceptors (Lipinski definition) is 8. The van der Waals surface area contributed by atoms with Crippen LogP contribution in [0.5, 0.6) is 0 Å². The third-order valence-corrected chi connectivity index (χ3v) is 5.50. The molecule has 0 amide bonds. The minimum atomic E-state index is -0.733. The highest BCUT2D eigenvalue weighted by molar-refractivity contribution is 5.26. The van der Waals surface area contributed by atoms with Gasteiger partial charge in [0.15, 0.2) is 12.6 Å². The van der Waals surface area contributed by atoms with Crippen molar-refractivity contribution in [3.63, 3.8) is 0 Å². The summed E-state index contributed by atoms with van der Waals surface area (Å²) >= 11 is 0. The summed E-state index contributed by atoms with van der Waals surface area (Å²) in [6.07, 6.45) is -1.36. The summed E-state index contributed by atoms with van der Waals surface area (Å²) in [6.45, 7) is 1.02. The Bertz CT molecular complexity index is 918. The van der Waals surface area contributed by atoms with E-state index in [4.69, 9.17) is 41.1 Å². The predicted octanol–water partition coefficient (Wildman–Crippen LogP) is 4.99. The summed E-state index contributed by atoms with van der Waals surface area (Å²) in [5.41, 5.74) is 34.6. The Morgan fingerprint density at radius 1 is 0.647 bits per heavy atom. The van der Waals surface area contributed by atoms with Crippen molar-refractivity contribution >= 4 is 0 Å². The number of rotatable bonds is 10. The van der Waals surface area contributed by atoms with Gasteiger partial charge in [0.25, 0.3) is 0 Å². The van der Waals surface area contributed by atoms with Gasteiger partial charge in [0, 0.05) is 67.8 Å². The number of ether oxygens (including phenoxy) is 4. The molecule has 0 saturated carbocycles. The third kappa shape index (κ3) is 6.21. The molecule has 16 nitrogen and oxygen atoms in total. The molecule has 2 saturated heterocycles. The molecule has 1 aromatic rings. The van der Waals surface area contributed by atoms with E-state index in [1.165, 1.54) is 0 Å². The Hall–Kier alpha value is -3.70. The lowest BCUT2D eigenvalue weighted by Gasteiger charge is -2.39. The zero-order valence-corrected chi connectivity index (χ0v) is 18.1. The van der Waals surface area contributed by atoms with Crippen LogP contribution >= 0.6 is 0 Å². The zero-order chi connectivity index (χ0) is 24.3. The van der Waals surface area contributed by atoms with Gasteiger partial charge >= 0.3 is 0 Å². The van der Waals surface area contributed by atoms with Crippen molar-refractivity contribution in [1.29, 1.82) is 0 Å². The van der Waals surface area contributed by atoms with Crippen molar-refractivity contribution in [2.45, 2.75) is 12.6 Å². The molecule has 0 aromatic heterocycles. The fraction of sp³-hybridized carbons (Fsp3) is 0.667. The Morgan fingerprint density at radius 2 is 0.971 bits per heavy atom. The van der Waals surface area contributed by atoms with E-state index in [0.29, 0.717) is 0 Å². The standard InChI is InChI=1S/C18H22N12O4/c19-27-23-5-17(6-24-28-20)9-31-15(32-10-17)13-2-1-3-14(4-13)16-33-11-18(12-34-16,7-25-29-21)8-26-30-22/h1-4,15-16H,5-12H2. The van der Waals surface area contributed by atoms with Crippen LogP contribution in [0.15, 0.2) is 44.7 Å². The third-order valence-electron chi connectivity index (χ3n) is 5.50. The summed E-state index contributed by atoms with van der Waals surface area (Å²) in [4.78, 5) is 11.1. The molecule has 34 heavy (non-hydrogen) atoms. The molecule has 0 spiro atoms. The summed E-state index contributed by atoms with van der Waals surface area (Å²) in [5.74, 6) is 0. The molecule has 2 fully saturated rings. The van der Waals surface area contributed by atoms with E-state index in [1.807, 2.05) is 24.3 Å². The fourth-order valence-electron chi connectivity index (χ4n) is 3.62. The summed E-state index contributed by atoms with van der Waals surface area (Å²) in [6, 6.07) is 7.31. The lowest BCUT2D eigenvalue weighted by Crippen LogP contribution is -2.43. The van der Waals surface area contributed by atoms with E-state index >= 15 is 0 Å². The molecule has 0 unspecified atom stereocenters. The summed E-state index contributed by atoms with van der Waals surface area (Å²) in [5, 5.41) is 14.4. The number of benzene rings is 1. The quantitative estimate of drug-likeness (QED) is 0.261. The topological polar surface area (TPSA) is 232 Å². The van der Waals surface area contributed by atoms with Crippen LogP contribution in [0.2, 0.25) is 0 Å². The molecule has 0 bridgehead atoms. The maximum atomic E-state index is 8.65. The summed E-state index contributed by atoms with van der Waals surface area (Å²) in [7, 11) is 0. The Balaban J connectivity index is 1.66. The lowest BCUT2D eigenvalue weighted by atomic mass is 9.89. The minimum absolute atomic E-state index is 0.0759. The van der Waals surface area contributed by atoms with Gasteiger partial charge in [-0.25, -0.2) is 0 Å². The van der Waals surface area contributed by atoms with Crippen LogP contribution in [-0.4, -0.2) is 52.6 Å². The van der Waals surface area contributed by atoms with Crippen LogP contribution in [0.4, 0.5) is 0 Å². The van der Waals surface area contributed by atoms with Gasteiger partial charge in [-0.05, 0) is 28.2 Å². The molecular formula is C18H22N12O4. The second-order valence-corrected chi connectivity index (χ2v) is 8.13. The minimum Gasteiger partial charge on any atom is -0.348 e. The summed E-state index contributed by atoms with van der Waals surface area (Å²) < 4.78 is 23.5. The lowest BCUT2D eigenvalue weighted by molar-refractivity contribution is -0.232. The molecule has 0 radical (unpaired) electrons. The predicted molar refractivity (Wildman–Crippen MR) is 117 cm³/mol. The average molecular weight is 470 g/mol. The van der Waals surface area contributed by atoms with E-state index in [9.17, 15) is 0 Å². The van der Waals surface area contributed by atoms with E-state index < -0.39 is 23.4 Å². The van der Waals surface area contributed by atoms with Crippen molar-refractivity contribution in [3.05, 3.63) is 77.2 Å². The van der Waals surface area contributed by atoms with Gasteiger partial charge in [-0.2, -0.15) is 0 Å². The van der Waals surface area contributed by atoms with Gasteiger partial charge in [0.1, 0.15) is 0 Å². The Kier molecular flexibility index (Phi) is 8.77. The molecule has 178 valence electrons. The molecule has 1 aromatic carbocycles. The first-order chi connectivity index (χ1) is 16.6. The Labute approximate surface area is 193 Å². The smallest absolute Gasteiger partial charge is 0.183 e. The van der Waals surface area contributed by atoms with E-state index in [0.717, 1.165) is 11.1 Å². The van der Waals surface area contributed by atoms with Gasteiger partial charge in [-0.3, -0.25) is 0 Å². The Morgan fingerprint density at radius 3 is 1.26 bits per heavy atom. The molecule has 2 heterocycles. The molecule has 2 aliphatic rings. The molecule has 2 aliphatic heterocycles. The van der Waals surface area contributed by atoms with E-state index in [1.54, 1.807) is 0 Å². The van der Waals surface area contributed by atoms with Crippen molar-refractivity contribution in [2.24, 2.45) is 31.3 Å². The van der Waals surface area contributed by atoms with Crippen LogP contribution in [-0.2, 0) is 18.9 Å². The number of hydrogen-bond donors (Lipinski definition) is 0. The largest absolute Gasteiger partial charge is 0.348 e. The maximum absolute atomic E-state index is 8.65. The molecular weight excluding hydrogens is 448 g/mol. The average Bonchev–Trinajstić information content (AvgIpc) is 2.89. The van der Waals surface area contributed by atoms with Crippen molar-refractivity contribution in [1.82, 2.24) is 0 Å². The molecule has 0 atom stereocenters. The molecule has 16 heteroatoms. The highest BCUT2D eigenvalue weighted by Gasteiger charge is 2.38.